The van der Waals surface area contributed by atoms with Crippen LogP contribution in [0.1, 0.15) is 41.4 Å². The lowest BCUT2D eigenvalue weighted by Crippen LogP contribution is -2.35. The zero-order valence-corrected chi connectivity index (χ0v) is 13.8. The van der Waals surface area contributed by atoms with Crippen molar-refractivity contribution < 1.29 is 18.4 Å². The molecule has 6 heteroatoms. The lowest BCUT2D eigenvalue weighted by atomic mass is 10.0. The molecule has 2 amide bonds. The predicted molar refractivity (Wildman–Crippen MR) is 88.2 cm³/mol. The lowest BCUT2D eigenvalue weighted by Gasteiger charge is -2.08. The highest BCUT2D eigenvalue weighted by Crippen LogP contribution is 2.20. The van der Waals surface area contributed by atoms with E-state index >= 15 is 0 Å². The van der Waals surface area contributed by atoms with Crippen molar-refractivity contribution in [3.05, 3.63) is 59.3 Å². The first kappa shape index (κ1) is 17.7. The molecule has 0 fully saturated rings. The molecule has 128 valence electrons. The van der Waals surface area contributed by atoms with Gasteiger partial charge in [0.2, 0.25) is 5.91 Å². The molecule has 0 radical (unpaired) electrons. The van der Waals surface area contributed by atoms with Crippen molar-refractivity contribution >= 4 is 11.8 Å². The van der Waals surface area contributed by atoms with Crippen LogP contribution in [0.2, 0.25) is 0 Å². The molecule has 0 atom stereocenters. The fraction of sp³-hybridized carbons (Fsp3) is 0.333. The number of hydrogen-bond acceptors (Lipinski definition) is 3. The van der Waals surface area contributed by atoms with E-state index in [0.717, 1.165) is 5.56 Å². The molecule has 0 aliphatic rings. The summed E-state index contributed by atoms with van der Waals surface area (Å²) in [6, 6.07) is 7.69. The first-order chi connectivity index (χ1) is 11.5. The van der Waals surface area contributed by atoms with Crippen molar-refractivity contribution in [1.29, 1.82) is 0 Å². The Morgan fingerprint density at radius 3 is 2.62 bits per heavy atom. The first-order valence-corrected chi connectivity index (χ1v) is 7.84. The standard InChI is InChI=1S/C18H21FN2O3/c1-12(2)15-6-9-24-17(15)18(23)21-8-7-20-16(22)11-13-4-3-5-14(19)10-13/h3-6,9-10,12H,7-8,11H2,1-2H3,(H,20,22)(H,21,23). The number of hydrogen-bond donors (Lipinski definition) is 2. The van der Waals surface area contributed by atoms with Crippen LogP contribution in [0.5, 0.6) is 0 Å². The first-order valence-electron chi connectivity index (χ1n) is 7.84. The Labute approximate surface area is 140 Å². The summed E-state index contributed by atoms with van der Waals surface area (Å²) < 4.78 is 18.3. The quantitative estimate of drug-likeness (QED) is 0.766. The van der Waals surface area contributed by atoms with Crippen LogP contribution in [0.15, 0.2) is 41.0 Å². The van der Waals surface area contributed by atoms with Crippen LogP contribution >= 0.6 is 0 Å². The minimum Gasteiger partial charge on any atom is -0.459 e. The Morgan fingerprint density at radius 1 is 1.17 bits per heavy atom. The van der Waals surface area contributed by atoms with Crippen LogP contribution < -0.4 is 10.6 Å². The zero-order chi connectivity index (χ0) is 17.5. The summed E-state index contributed by atoms with van der Waals surface area (Å²) >= 11 is 0. The van der Waals surface area contributed by atoms with E-state index in [0.29, 0.717) is 11.3 Å². The maximum Gasteiger partial charge on any atom is 0.287 e. The number of benzene rings is 1. The molecule has 1 heterocycles. The highest BCUT2D eigenvalue weighted by atomic mass is 19.1. The third-order valence-corrected chi connectivity index (χ3v) is 3.51. The third-order valence-electron chi connectivity index (χ3n) is 3.51. The Hall–Kier alpha value is -2.63. The van der Waals surface area contributed by atoms with Gasteiger partial charge in [-0.15, -0.1) is 0 Å². The van der Waals surface area contributed by atoms with Gasteiger partial charge in [0.1, 0.15) is 5.82 Å². The van der Waals surface area contributed by atoms with Crippen LogP contribution in [0.3, 0.4) is 0 Å². The van der Waals surface area contributed by atoms with E-state index in [1.165, 1.54) is 18.4 Å². The fourth-order valence-corrected chi connectivity index (χ4v) is 2.31. The molecule has 1 aromatic carbocycles. The summed E-state index contributed by atoms with van der Waals surface area (Å²) in [5.41, 5.74) is 1.45. The molecule has 2 aromatic rings. The average molecular weight is 332 g/mol. The second kappa shape index (κ2) is 8.29. The minimum atomic E-state index is -0.369. The predicted octanol–water partition coefficient (Wildman–Crippen LogP) is 2.63. The van der Waals surface area contributed by atoms with Gasteiger partial charge in [-0.05, 0) is 29.7 Å². The largest absolute Gasteiger partial charge is 0.459 e. The summed E-state index contributed by atoms with van der Waals surface area (Å²) in [5, 5.41) is 5.38. The number of amides is 2. The van der Waals surface area contributed by atoms with E-state index in [1.807, 2.05) is 13.8 Å². The third kappa shape index (κ3) is 4.94. The van der Waals surface area contributed by atoms with E-state index in [4.69, 9.17) is 4.42 Å². The molecule has 0 spiro atoms. The lowest BCUT2D eigenvalue weighted by molar-refractivity contribution is -0.120. The van der Waals surface area contributed by atoms with E-state index in [9.17, 15) is 14.0 Å². The van der Waals surface area contributed by atoms with Crippen molar-refractivity contribution in [1.82, 2.24) is 10.6 Å². The average Bonchev–Trinajstić information content (AvgIpc) is 3.01. The SMILES string of the molecule is CC(C)c1ccoc1C(=O)NCCNC(=O)Cc1cccc(F)c1. The van der Waals surface area contributed by atoms with Crippen molar-refractivity contribution in [2.24, 2.45) is 0 Å². The Kier molecular flexibility index (Phi) is 6.12. The second-order valence-corrected chi connectivity index (χ2v) is 5.77. The molecule has 2 rings (SSSR count). The van der Waals surface area contributed by atoms with Crippen LogP contribution in [-0.4, -0.2) is 24.9 Å². The van der Waals surface area contributed by atoms with Gasteiger partial charge in [-0.1, -0.05) is 26.0 Å². The summed E-state index contributed by atoms with van der Waals surface area (Å²) in [6.45, 7) is 4.53. The van der Waals surface area contributed by atoms with Crippen molar-refractivity contribution in [2.75, 3.05) is 13.1 Å². The van der Waals surface area contributed by atoms with Gasteiger partial charge in [0.25, 0.3) is 5.91 Å². The van der Waals surface area contributed by atoms with Gasteiger partial charge >= 0.3 is 0 Å². The normalized spacial score (nSPS) is 10.7. The molecule has 24 heavy (non-hydrogen) atoms. The summed E-state index contributed by atoms with van der Waals surface area (Å²) in [6.07, 6.45) is 1.59. The maximum absolute atomic E-state index is 13.0. The van der Waals surface area contributed by atoms with Crippen molar-refractivity contribution in [2.45, 2.75) is 26.2 Å². The highest BCUT2D eigenvalue weighted by Gasteiger charge is 2.17. The number of nitrogens with one attached hydrogen (secondary N) is 2. The van der Waals surface area contributed by atoms with E-state index in [2.05, 4.69) is 10.6 Å². The summed E-state index contributed by atoms with van der Waals surface area (Å²) in [5.74, 6) is -0.405. The van der Waals surface area contributed by atoms with Crippen molar-refractivity contribution in [3.8, 4) is 0 Å². The zero-order valence-electron chi connectivity index (χ0n) is 13.8. The molecular formula is C18H21FN2O3. The monoisotopic (exact) mass is 332 g/mol. The molecular weight excluding hydrogens is 311 g/mol. The molecule has 0 aliphatic heterocycles. The van der Waals surface area contributed by atoms with Crippen LogP contribution in [-0.2, 0) is 11.2 Å². The number of rotatable bonds is 7. The smallest absolute Gasteiger partial charge is 0.287 e. The number of halogens is 1. The second-order valence-electron chi connectivity index (χ2n) is 5.77. The maximum atomic E-state index is 13.0. The molecule has 0 unspecified atom stereocenters. The molecule has 0 bridgehead atoms. The van der Waals surface area contributed by atoms with Gasteiger partial charge in [-0.25, -0.2) is 4.39 Å². The fourth-order valence-electron chi connectivity index (χ4n) is 2.31. The summed E-state index contributed by atoms with van der Waals surface area (Å²) in [4.78, 5) is 23.8. The van der Waals surface area contributed by atoms with Gasteiger partial charge in [0, 0.05) is 18.7 Å². The van der Waals surface area contributed by atoms with E-state index < -0.39 is 0 Å². The van der Waals surface area contributed by atoms with Gasteiger partial charge in [-0.2, -0.15) is 0 Å². The minimum absolute atomic E-state index is 0.0986. The van der Waals surface area contributed by atoms with Crippen LogP contribution in [0, 0.1) is 5.82 Å². The molecule has 0 saturated carbocycles. The Morgan fingerprint density at radius 2 is 1.92 bits per heavy atom. The molecule has 0 aliphatic carbocycles. The Bertz CT molecular complexity index is 710. The van der Waals surface area contributed by atoms with Crippen LogP contribution in [0.25, 0.3) is 0 Å². The highest BCUT2D eigenvalue weighted by molar-refractivity contribution is 5.93. The molecule has 2 N–H and O–H groups in total. The number of carbonyl (C=O) groups is 2. The molecule has 0 saturated heterocycles. The van der Waals surface area contributed by atoms with Crippen LogP contribution in [0.4, 0.5) is 4.39 Å². The number of carbonyl (C=O) groups excluding carboxylic acids is 2. The Balaban J connectivity index is 1.73. The van der Waals surface area contributed by atoms with E-state index in [-0.39, 0.29) is 43.1 Å². The topological polar surface area (TPSA) is 71.3 Å². The summed E-state index contributed by atoms with van der Waals surface area (Å²) in [7, 11) is 0. The van der Waals surface area contributed by atoms with Crippen molar-refractivity contribution in [3.63, 3.8) is 0 Å². The number of furan rings is 1. The van der Waals surface area contributed by atoms with Gasteiger partial charge < -0.3 is 15.1 Å². The molecule has 5 nitrogen and oxygen atoms in total. The van der Waals surface area contributed by atoms with Gasteiger partial charge in [-0.3, -0.25) is 9.59 Å². The van der Waals surface area contributed by atoms with Gasteiger partial charge in [0.15, 0.2) is 5.76 Å². The van der Waals surface area contributed by atoms with Gasteiger partial charge in [0.05, 0.1) is 12.7 Å². The molecule has 1 aromatic heterocycles. The van der Waals surface area contributed by atoms with E-state index in [1.54, 1.807) is 18.2 Å².